The zero-order valence-corrected chi connectivity index (χ0v) is 7.20. The molecule has 11 heavy (non-hydrogen) atoms. The number of nitrogens with two attached hydrogens (primary N) is 1. The fourth-order valence-corrected chi connectivity index (χ4v) is 0.385. The first-order chi connectivity index (χ1) is 5.41. The third-order valence-electron chi connectivity index (χ3n) is 0.667. The number of hydrogen-bond donors (Lipinski definition) is 2. The molecule has 0 unspecified atom stereocenters. The van der Waals surface area contributed by atoms with Gasteiger partial charge in [-0.05, 0) is 14.0 Å². The van der Waals surface area contributed by atoms with Gasteiger partial charge >= 0.3 is 0 Å². The highest BCUT2D eigenvalue weighted by atomic mass is 16.2. The second kappa shape index (κ2) is 16.1. The molecule has 3 N–H and O–H groups in total. The van der Waals surface area contributed by atoms with Crippen molar-refractivity contribution in [2.24, 2.45) is 5.73 Å². The molecule has 0 heterocycles. The molecular weight excluding hydrogens is 138 g/mol. The van der Waals surface area contributed by atoms with Crippen molar-refractivity contribution in [1.82, 2.24) is 0 Å². The Balaban J connectivity index is 0. The zero-order valence-electron chi connectivity index (χ0n) is 7.20. The minimum atomic E-state index is 0.250. The maximum atomic E-state index is 7.57. The van der Waals surface area contributed by atoms with Gasteiger partial charge in [0, 0.05) is 6.61 Å². The third-order valence-corrected chi connectivity index (χ3v) is 0.667. The van der Waals surface area contributed by atoms with Crippen LogP contribution in [0.5, 0.6) is 0 Å². The lowest BCUT2D eigenvalue weighted by Crippen LogP contribution is -1.69. The van der Waals surface area contributed by atoms with E-state index in [0.717, 1.165) is 0 Å². The van der Waals surface area contributed by atoms with E-state index in [1.54, 1.807) is 6.92 Å². The van der Waals surface area contributed by atoms with Crippen LogP contribution < -0.4 is 5.73 Å². The predicted octanol–water partition coefficient (Wildman–Crippen LogP) is 1.26. The molecule has 0 radical (unpaired) electrons. The van der Waals surface area contributed by atoms with E-state index < -0.39 is 0 Å². The Labute approximate surface area is 68.7 Å². The van der Waals surface area contributed by atoms with Gasteiger partial charge in [-0.15, -0.1) is 0 Å². The molecule has 0 bridgehead atoms. The largest absolute Gasteiger partial charge is 0.397 e. The molecule has 1 rings (SSSR count). The van der Waals surface area contributed by atoms with Gasteiger partial charge in [0.2, 0.25) is 0 Å². The van der Waals surface area contributed by atoms with Gasteiger partial charge < -0.3 is 10.8 Å². The number of rotatable bonds is 0. The van der Waals surface area contributed by atoms with E-state index >= 15 is 0 Å². The SMILES string of the molecule is CCO.CN.c1ccccc1. The van der Waals surface area contributed by atoms with Gasteiger partial charge in [-0.2, -0.15) is 0 Å². The highest BCUT2D eigenvalue weighted by Gasteiger charge is 1.57. The van der Waals surface area contributed by atoms with Gasteiger partial charge in [-0.3, -0.25) is 0 Å². The topological polar surface area (TPSA) is 46.2 Å². The predicted molar refractivity (Wildman–Crippen MR) is 49.3 cm³/mol. The molecule has 0 spiro atoms. The van der Waals surface area contributed by atoms with Crippen LogP contribution in [0.3, 0.4) is 0 Å². The molecule has 0 fully saturated rings. The molecule has 2 nitrogen and oxygen atoms in total. The quantitative estimate of drug-likeness (QED) is 0.592. The van der Waals surface area contributed by atoms with Crippen molar-refractivity contribution in [2.45, 2.75) is 6.92 Å². The van der Waals surface area contributed by atoms with Crippen molar-refractivity contribution < 1.29 is 5.11 Å². The maximum Gasteiger partial charge on any atom is 0.0402 e. The highest BCUT2D eigenvalue weighted by Crippen LogP contribution is 1.79. The third kappa shape index (κ3) is 17.6. The van der Waals surface area contributed by atoms with Crippen LogP contribution in [0.4, 0.5) is 0 Å². The normalized spacial score (nSPS) is 6.55. The Morgan fingerprint density at radius 1 is 0.909 bits per heavy atom. The van der Waals surface area contributed by atoms with Crippen LogP contribution in [0, 0.1) is 0 Å². The molecule has 64 valence electrons. The fourth-order valence-electron chi connectivity index (χ4n) is 0.385. The Morgan fingerprint density at radius 3 is 1.09 bits per heavy atom. The van der Waals surface area contributed by atoms with Crippen LogP contribution in [0.2, 0.25) is 0 Å². The second-order valence-electron chi connectivity index (χ2n) is 1.47. The summed E-state index contributed by atoms with van der Waals surface area (Å²) in [5.41, 5.74) is 4.50. The van der Waals surface area contributed by atoms with E-state index in [4.69, 9.17) is 5.11 Å². The Morgan fingerprint density at radius 2 is 1.00 bits per heavy atom. The molecule has 0 saturated carbocycles. The summed E-state index contributed by atoms with van der Waals surface area (Å²) in [6.07, 6.45) is 0. The van der Waals surface area contributed by atoms with Gasteiger partial charge in [0.15, 0.2) is 0 Å². The van der Waals surface area contributed by atoms with Crippen molar-refractivity contribution in [3.63, 3.8) is 0 Å². The standard InChI is InChI=1S/C6H6.C2H6O.CH5N/c1-2-4-6-5-3-1;1-2-3;1-2/h1-6H;3H,2H2,1H3;2H2,1H3. The van der Waals surface area contributed by atoms with Crippen molar-refractivity contribution >= 4 is 0 Å². The van der Waals surface area contributed by atoms with Gasteiger partial charge in [-0.1, -0.05) is 36.4 Å². The van der Waals surface area contributed by atoms with E-state index in [2.05, 4.69) is 5.73 Å². The molecule has 1 aromatic carbocycles. The lowest BCUT2D eigenvalue weighted by Gasteiger charge is -1.69. The first-order valence-electron chi connectivity index (χ1n) is 3.60. The highest BCUT2D eigenvalue weighted by molar-refractivity contribution is 4.99. The molecule has 0 aliphatic rings. The minimum absolute atomic E-state index is 0.250. The van der Waals surface area contributed by atoms with Crippen LogP contribution in [-0.4, -0.2) is 18.8 Å². The summed E-state index contributed by atoms with van der Waals surface area (Å²) >= 11 is 0. The summed E-state index contributed by atoms with van der Waals surface area (Å²) in [5.74, 6) is 0. The Kier molecular flexibility index (Phi) is 18.7. The molecule has 0 amide bonds. The van der Waals surface area contributed by atoms with E-state index in [9.17, 15) is 0 Å². The van der Waals surface area contributed by atoms with Crippen molar-refractivity contribution in [2.75, 3.05) is 13.7 Å². The summed E-state index contributed by atoms with van der Waals surface area (Å²) in [5, 5.41) is 7.57. The van der Waals surface area contributed by atoms with Gasteiger partial charge in [0.25, 0.3) is 0 Å². The van der Waals surface area contributed by atoms with Crippen molar-refractivity contribution in [3.05, 3.63) is 36.4 Å². The van der Waals surface area contributed by atoms with Crippen LogP contribution in [0.15, 0.2) is 36.4 Å². The summed E-state index contributed by atoms with van der Waals surface area (Å²) in [6.45, 7) is 1.93. The van der Waals surface area contributed by atoms with Gasteiger partial charge in [-0.25, -0.2) is 0 Å². The first kappa shape index (κ1) is 12.8. The smallest absolute Gasteiger partial charge is 0.0402 e. The van der Waals surface area contributed by atoms with Crippen LogP contribution in [-0.2, 0) is 0 Å². The lowest BCUT2D eigenvalue weighted by atomic mass is 10.4. The molecule has 0 aliphatic heterocycles. The Bertz CT molecular complexity index is 92.4. The van der Waals surface area contributed by atoms with Crippen LogP contribution in [0.25, 0.3) is 0 Å². The van der Waals surface area contributed by atoms with E-state index in [1.165, 1.54) is 7.05 Å². The van der Waals surface area contributed by atoms with Crippen molar-refractivity contribution in [3.8, 4) is 0 Å². The van der Waals surface area contributed by atoms with E-state index in [0.29, 0.717) is 0 Å². The Hall–Kier alpha value is -0.860. The molecule has 0 aromatic heterocycles. The summed E-state index contributed by atoms with van der Waals surface area (Å²) < 4.78 is 0. The van der Waals surface area contributed by atoms with Gasteiger partial charge in [0.1, 0.15) is 0 Å². The summed E-state index contributed by atoms with van der Waals surface area (Å²) in [7, 11) is 1.50. The fraction of sp³-hybridized carbons (Fsp3) is 0.333. The average Bonchev–Trinajstić information content (AvgIpc) is 2.12. The molecule has 0 saturated heterocycles. The average molecular weight is 155 g/mol. The minimum Gasteiger partial charge on any atom is -0.397 e. The summed E-state index contributed by atoms with van der Waals surface area (Å²) in [6, 6.07) is 12.0. The first-order valence-corrected chi connectivity index (χ1v) is 3.60. The number of hydrogen-bond acceptors (Lipinski definition) is 2. The lowest BCUT2D eigenvalue weighted by molar-refractivity contribution is 0.318. The molecule has 2 heteroatoms. The number of benzene rings is 1. The van der Waals surface area contributed by atoms with Gasteiger partial charge in [0.05, 0.1) is 0 Å². The second-order valence-corrected chi connectivity index (χ2v) is 1.47. The van der Waals surface area contributed by atoms with Crippen LogP contribution in [0.1, 0.15) is 6.92 Å². The number of aliphatic hydroxyl groups excluding tert-OH is 1. The molecule has 1 aromatic rings. The zero-order chi connectivity index (χ0) is 8.95. The van der Waals surface area contributed by atoms with Crippen molar-refractivity contribution in [1.29, 1.82) is 0 Å². The molecule has 0 aliphatic carbocycles. The van der Waals surface area contributed by atoms with E-state index in [1.807, 2.05) is 36.4 Å². The van der Waals surface area contributed by atoms with E-state index in [-0.39, 0.29) is 6.61 Å². The molecule has 0 atom stereocenters. The molecular formula is C9H17NO. The summed E-state index contributed by atoms with van der Waals surface area (Å²) in [4.78, 5) is 0. The number of aliphatic hydroxyl groups is 1. The monoisotopic (exact) mass is 155 g/mol. The van der Waals surface area contributed by atoms with Crippen LogP contribution >= 0.6 is 0 Å². The maximum absolute atomic E-state index is 7.57.